The van der Waals surface area contributed by atoms with E-state index in [4.69, 9.17) is 5.11 Å². The average Bonchev–Trinajstić information content (AvgIpc) is 2.42. The predicted octanol–water partition coefficient (Wildman–Crippen LogP) is 3.74. The van der Waals surface area contributed by atoms with Crippen molar-refractivity contribution in [3.8, 4) is 0 Å². The Balaban J connectivity index is 2.32. The summed E-state index contributed by atoms with van der Waals surface area (Å²) in [6.45, 7) is 0. The topological polar surface area (TPSA) is 93.3 Å². The molecule has 21 heavy (non-hydrogen) atoms. The largest absolute Gasteiger partial charge is 0.478 e. The molecule has 0 aliphatic carbocycles. The Labute approximate surface area is 130 Å². The van der Waals surface area contributed by atoms with Crippen molar-refractivity contribution in [3.05, 3.63) is 56.4 Å². The lowest BCUT2D eigenvalue weighted by atomic mass is 10.2. The number of hydrogen-bond donors (Lipinski definition) is 1. The minimum Gasteiger partial charge on any atom is -0.478 e. The molecule has 1 aromatic carbocycles. The van der Waals surface area contributed by atoms with Gasteiger partial charge in [-0.2, -0.15) is 0 Å². The fraction of sp³-hybridized carbons (Fsp3) is 0. The molecule has 1 aromatic heterocycles. The number of nitro groups is 1. The Morgan fingerprint density at radius 2 is 2.14 bits per heavy atom. The van der Waals surface area contributed by atoms with Gasteiger partial charge in [-0.05, 0) is 34.1 Å². The maximum absolute atomic E-state index is 13.3. The molecule has 2 aromatic rings. The van der Waals surface area contributed by atoms with Crippen molar-refractivity contribution >= 4 is 39.3 Å². The van der Waals surface area contributed by atoms with Gasteiger partial charge in [0.15, 0.2) is 0 Å². The third kappa shape index (κ3) is 3.56. The maximum Gasteiger partial charge on any atom is 0.338 e. The van der Waals surface area contributed by atoms with Crippen LogP contribution in [0.1, 0.15) is 10.4 Å². The van der Waals surface area contributed by atoms with Crippen LogP contribution in [0.3, 0.4) is 0 Å². The van der Waals surface area contributed by atoms with Gasteiger partial charge in [0, 0.05) is 11.0 Å². The molecule has 108 valence electrons. The molecule has 0 aliphatic heterocycles. The van der Waals surface area contributed by atoms with E-state index in [0.717, 1.165) is 24.0 Å². The molecule has 0 atom stereocenters. The molecule has 6 nitrogen and oxygen atoms in total. The molecule has 1 N–H and O–H groups in total. The summed E-state index contributed by atoms with van der Waals surface area (Å²) in [6.07, 6.45) is 1.09. The number of carbonyl (C=O) groups is 1. The fourth-order valence-electron chi connectivity index (χ4n) is 1.43. The highest BCUT2D eigenvalue weighted by molar-refractivity contribution is 9.10. The highest BCUT2D eigenvalue weighted by Crippen LogP contribution is 2.34. The molecule has 0 saturated carbocycles. The Hall–Kier alpha value is -2.00. The normalized spacial score (nSPS) is 10.4. The van der Waals surface area contributed by atoms with Crippen molar-refractivity contribution in [3.63, 3.8) is 0 Å². The van der Waals surface area contributed by atoms with Crippen LogP contribution in [0, 0.1) is 15.9 Å². The van der Waals surface area contributed by atoms with Gasteiger partial charge in [0.05, 0.1) is 15.0 Å². The lowest BCUT2D eigenvalue weighted by Gasteiger charge is -2.05. The predicted molar refractivity (Wildman–Crippen MR) is 76.1 cm³/mol. The van der Waals surface area contributed by atoms with Crippen molar-refractivity contribution < 1.29 is 19.2 Å². The van der Waals surface area contributed by atoms with Crippen LogP contribution in [-0.4, -0.2) is 21.0 Å². The number of nitrogens with zero attached hydrogens (tertiary/aromatic N) is 2. The van der Waals surface area contributed by atoms with Crippen LogP contribution in [0.5, 0.6) is 0 Å². The van der Waals surface area contributed by atoms with Crippen molar-refractivity contribution in [1.29, 1.82) is 0 Å². The Kier molecular flexibility index (Phi) is 4.53. The number of hydrogen-bond acceptors (Lipinski definition) is 5. The van der Waals surface area contributed by atoms with E-state index in [2.05, 4.69) is 20.9 Å². The van der Waals surface area contributed by atoms with E-state index in [-0.39, 0.29) is 5.69 Å². The average molecular weight is 373 g/mol. The first-order valence-corrected chi connectivity index (χ1v) is 7.00. The van der Waals surface area contributed by atoms with Crippen molar-refractivity contribution in [2.45, 2.75) is 9.92 Å². The molecule has 2 rings (SSSR count). The summed E-state index contributed by atoms with van der Waals surface area (Å²) in [5, 5.41) is 19.9. The third-order valence-corrected chi connectivity index (χ3v) is 4.26. The van der Waals surface area contributed by atoms with Crippen LogP contribution in [0.25, 0.3) is 0 Å². The number of aromatic nitrogens is 1. The number of benzene rings is 1. The van der Waals surface area contributed by atoms with E-state index in [1.807, 2.05) is 0 Å². The van der Waals surface area contributed by atoms with Gasteiger partial charge >= 0.3 is 5.97 Å². The third-order valence-electron chi connectivity index (χ3n) is 2.39. The van der Waals surface area contributed by atoms with Gasteiger partial charge in [-0.1, -0.05) is 11.8 Å². The number of rotatable bonds is 4. The number of halogens is 2. The quantitative estimate of drug-likeness (QED) is 0.648. The molecule has 0 aliphatic rings. The minimum absolute atomic E-state index is 0.170. The van der Waals surface area contributed by atoms with E-state index in [1.54, 1.807) is 0 Å². The zero-order valence-corrected chi connectivity index (χ0v) is 12.5. The summed E-state index contributed by atoms with van der Waals surface area (Å²) >= 11 is 4.22. The van der Waals surface area contributed by atoms with E-state index in [0.29, 0.717) is 14.4 Å². The number of pyridine rings is 1. The van der Waals surface area contributed by atoms with Crippen LogP contribution in [-0.2, 0) is 0 Å². The van der Waals surface area contributed by atoms with E-state index in [9.17, 15) is 19.3 Å². The van der Waals surface area contributed by atoms with Crippen molar-refractivity contribution in [2.24, 2.45) is 0 Å². The second kappa shape index (κ2) is 6.19. The van der Waals surface area contributed by atoms with Crippen molar-refractivity contribution in [1.82, 2.24) is 4.98 Å². The molecule has 0 bridgehead atoms. The zero-order valence-electron chi connectivity index (χ0n) is 10.1. The minimum atomic E-state index is -1.37. The number of aromatic carboxylic acids is 1. The van der Waals surface area contributed by atoms with Gasteiger partial charge in [0.25, 0.3) is 5.69 Å². The maximum atomic E-state index is 13.3. The Morgan fingerprint density at radius 1 is 1.43 bits per heavy atom. The van der Waals surface area contributed by atoms with E-state index in [1.165, 1.54) is 18.2 Å². The summed E-state index contributed by atoms with van der Waals surface area (Å²) in [5.41, 5.74) is -0.616. The molecule has 0 unspecified atom stereocenters. The van der Waals surface area contributed by atoms with E-state index >= 15 is 0 Å². The molecule has 0 saturated heterocycles. The fourth-order valence-corrected chi connectivity index (χ4v) is 2.81. The van der Waals surface area contributed by atoms with Gasteiger partial charge in [-0.15, -0.1) is 0 Å². The second-order valence-corrected chi connectivity index (χ2v) is 5.70. The lowest BCUT2D eigenvalue weighted by molar-refractivity contribution is -0.385. The highest BCUT2D eigenvalue weighted by Gasteiger charge is 2.14. The zero-order chi connectivity index (χ0) is 15.6. The second-order valence-electron chi connectivity index (χ2n) is 3.79. The molecule has 1 heterocycles. The van der Waals surface area contributed by atoms with Crippen molar-refractivity contribution in [2.75, 3.05) is 0 Å². The van der Waals surface area contributed by atoms with Crippen LogP contribution >= 0.6 is 27.7 Å². The van der Waals surface area contributed by atoms with Gasteiger partial charge in [-0.3, -0.25) is 10.1 Å². The van der Waals surface area contributed by atoms with Gasteiger partial charge < -0.3 is 5.11 Å². The van der Waals surface area contributed by atoms with Crippen LogP contribution in [0.4, 0.5) is 10.1 Å². The first-order valence-electron chi connectivity index (χ1n) is 5.39. The number of carboxylic acid groups (broad SMARTS) is 1. The number of carboxylic acids is 1. The molecule has 0 amide bonds. The SMILES string of the molecule is O=C(O)c1cc(Sc2ncc([N+](=O)[O-])cc2Br)ccc1F. The van der Waals surface area contributed by atoms with E-state index < -0.39 is 22.3 Å². The molecule has 9 heteroatoms. The molecular formula is C12H6BrFN2O4S. The highest BCUT2D eigenvalue weighted by atomic mass is 79.9. The van der Waals surface area contributed by atoms with Gasteiger partial charge in [0.1, 0.15) is 17.0 Å². The summed E-state index contributed by atoms with van der Waals surface area (Å²) in [6, 6.07) is 4.92. The molecule has 0 fully saturated rings. The molecular weight excluding hydrogens is 367 g/mol. The first-order chi connectivity index (χ1) is 9.88. The van der Waals surface area contributed by atoms with Crippen LogP contribution < -0.4 is 0 Å². The lowest BCUT2D eigenvalue weighted by Crippen LogP contribution is -2.00. The molecule has 0 radical (unpaired) electrons. The summed E-state index contributed by atoms with van der Waals surface area (Å²) in [7, 11) is 0. The standard InChI is InChI=1S/C12H6BrFN2O4S/c13-9-3-6(16(19)20)5-15-11(9)21-7-1-2-10(14)8(4-7)12(17)18/h1-5H,(H,17,18). The summed E-state index contributed by atoms with van der Waals surface area (Å²) < 4.78 is 13.7. The molecule has 0 spiro atoms. The summed E-state index contributed by atoms with van der Waals surface area (Å²) in [4.78, 5) is 25.3. The Bertz CT molecular complexity index is 741. The van der Waals surface area contributed by atoms with Gasteiger partial charge in [-0.25, -0.2) is 14.2 Å². The first kappa shape index (κ1) is 15.4. The monoisotopic (exact) mass is 372 g/mol. The van der Waals surface area contributed by atoms with Crippen LogP contribution in [0.15, 0.2) is 44.9 Å². The Morgan fingerprint density at radius 3 is 2.71 bits per heavy atom. The van der Waals surface area contributed by atoms with Gasteiger partial charge in [0.2, 0.25) is 0 Å². The smallest absolute Gasteiger partial charge is 0.338 e. The van der Waals surface area contributed by atoms with Crippen LogP contribution in [0.2, 0.25) is 0 Å². The summed E-state index contributed by atoms with van der Waals surface area (Å²) in [5.74, 6) is -2.20.